The Kier molecular flexibility index (Phi) is 13.7. The summed E-state index contributed by atoms with van der Waals surface area (Å²) in [7, 11) is 0. The van der Waals surface area contributed by atoms with Gasteiger partial charge in [0.05, 0.1) is 12.3 Å². The number of nitrogen functional groups attached to an aromatic ring is 1. The van der Waals surface area contributed by atoms with E-state index in [1.165, 1.54) is 96.3 Å². The lowest BCUT2D eigenvalue weighted by Crippen LogP contribution is -2.06. The molecular formula is C28H47N3O. The van der Waals surface area contributed by atoms with Gasteiger partial charge in [-0.3, -0.25) is 0 Å². The number of aromatic nitrogens is 2. The maximum atomic E-state index is 6.08. The fourth-order valence-corrected chi connectivity index (χ4v) is 4.30. The summed E-state index contributed by atoms with van der Waals surface area (Å²) in [6, 6.07) is 9.88. The number of ether oxygens (including phenoxy) is 1. The van der Waals surface area contributed by atoms with Gasteiger partial charge in [-0.05, 0) is 25.5 Å². The van der Waals surface area contributed by atoms with Gasteiger partial charge in [-0.1, -0.05) is 115 Å². The second-order valence-corrected chi connectivity index (χ2v) is 9.24. The molecule has 2 aromatic rings. The van der Waals surface area contributed by atoms with E-state index in [-0.39, 0.29) is 0 Å². The highest BCUT2D eigenvalue weighted by Gasteiger charge is 2.10. The van der Waals surface area contributed by atoms with Crippen molar-refractivity contribution in [1.82, 2.24) is 9.78 Å². The smallest absolute Gasteiger partial charge is 0.145 e. The lowest BCUT2D eigenvalue weighted by molar-refractivity contribution is 0.303. The molecular weight excluding hydrogens is 394 g/mol. The number of nitrogens with two attached hydrogens (primary N) is 1. The number of benzene rings is 1. The van der Waals surface area contributed by atoms with Gasteiger partial charge < -0.3 is 10.5 Å². The molecule has 0 aliphatic rings. The number of para-hydroxylation sites is 2. The van der Waals surface area contributed by atoms with Crippen LogP contribution in [0.3, 0.4) is 0 Å². The Hall–Kier alpha value is -1.97. The fourth-order valence-electron chi connectivity index (χ4n) is 4.30. The summed E-state index contributed by atoms with van der Waals surface area (Å²) in [5.74, 6) is 1.49. The predicted molar refractivity (Wildman–Crippen MR) is 138 cm³/mol. The molecule has 0 saturated carbocycles. The van der Waals surface area contributed by atoms with E-state index >= 15 is 0 Å². The standard InChI is InChI=1S/C28H47N3O/c1-3-4-5-6-7-8-9-10-11-12-13-14-15-16-17-20-23-32-27-22-19-18-21-26(27)31-28(29)24-25(2)30-31/h18-19,21-22,24H,3-17,20,23,29H2,1-2H3. The Bertz CT molecular complexity index is 725. The van der Waals surface area contributed by atoms with E-state index in [0.29, 0.717) is 5.82 Å². The molecule has 0 spiro atoms. The van der Waals surface area contributed by atoms with Crippen LogP contribution in [0.15, 0.2) is 30.3 Å². The van der Waals surface area contributed by atoms with Crippen LogP contribution in [0.5, 0.6) is 5.75 Å². The van der Waals surface area contributed by atoms with Crippen LogP contribution in [0.1, 0.15) is 115 Å². The molecule has 0 saturated heterocycles. The van der Waals surface area contributed by atoms with E-state index in [1.807, 2.05) is 37.3 Å². The highest BCUT2D eigenvalue weighted by Crippen LogP contribution is 2.25. The van der Waals surface area contributed by atoms with Crippen LogP contribution in [0.2, 0.25) is 0 Å². The van der Waals surface area contributed by atoms with Gasteiger partial charge >= 0.3 is 0 Å². The first-order valence-corrected chi connectivity index (χ1v) is 13.3. The van der Waals surface area contributed by atoms with Crippen LogP contribution in [0.25, 0.3) is 5.69 Å². The van der Waals surface area contributed by atoms with Crippen molar-refractivity contribution in [3.63, 3.8) is 0 Å². The van der Waals surface area contributed by atoms with Gasteiger partial charge in [0.1, 0.15) is 17.3 Å². The summed E-state index contributed by atoms with van der Waals surface area (Å²) in [5, 5.41) is 4.48. The van der Waals surface area contributed by atoms with Crippen molar-refractivity contribution < 1.29 is 4.74 Å². The molecule has 4 nitrogen and oxygen atoms in total. The first kappa shape index (κ1) is 26.3. The van der Waals surface area contributed by atoms with Crippen molar-refractivity contribution in [2.45, 2.75) is 117 Å². The van der Waals surface area contributed by atoms with E-state index in [4.69, 9.17) is 10.5 Å². The third-order valence-electron chi connectivity index (χ3n) is 6.21. The van der Waals surface area contributed by atoms with Crippen molar-refractivity contribution in [3.05, 3.63) is 36.0 Å². The van der Waals surface area contributed by atoms with Crippen LogP contribution in [-0.4, -0.2) is 16.4 Å². The Balaban J connectivity index is 1.44. The van der Waals surface area contributed by atoms with Gasteiger partial charge in [0.15, 0.2) is 0 Å². The average Bonchev–Trinajstić information content (AvgIpc) is 3.13. The van der Waals surface area contributed by atoms with Crippen molar-refractivity contribution in [3.8, 4) is 11.4 Å². The monoisotopic (exact) mass is 441 g/mol. The summed E-state index contributed by atoms with van der Waals surface area (Å²) >= 11 is 0. The van der Waals surface area contributed by atoms with Gasteiger partial charge in [-0.2, -0.15) is 5.10 Å². The summed E-state index contributed by atoms with van der Waals surface area (Å²) in [4.78, 5) is 0. The number of nitrogens with zero attached hydrogens (tertiary/aromatic N) is 2. The molecule has 32 heavy (non-hydrogen) atoms. The van der Waals surface area contributed by atoms with Crippen LogP contribution in [-0.2, 0) is 0 Å². The van der Waals surface area contributed by atoms with Gasteiger partial charge in [0.2, 0.25) is 0 Å². The van der Waals surface area contributed by atoms with E-state index in [2.05, 4.69) is 12.0 Å². The van der Waals surface area contributed by atoms with Crippen LogP contribution in [0, 0.1) is 6.92 Å². The second kappa shape index (κ2) is 16.6. The van der Waals surface area contributed by atoms with Crippen molar-refractivity contribution in [2.24, 2.45) is 0 Å². The molecule has 0 aliphatic heterocycles. The molecule has 0 unspecified atom stereocenters. The Labute approximate surface area is 196 Å². The number of unbranched alkanes of at least 4 members (excludes halogenated alkanes) is 15. The van der Waals surface area contributed by atoms with E-state index in [0.717, 1.165) is 30.2 Å². The molecule has 1 aromatic carbocycles. The maximum Gasteiger partial charge on any atom is 0.145 e. The molecule has 1 aromatic heterocycles. The second-order valence-electron chi connectivity index (χ2n) is 9.24. The average molecular weight is 442 g/mol. The zero-order valence-electron chi connectivity index (χ0n) is 20.8. The highest BCUT2D eigenvalue weighted by molar-refractivity contribution is 5.51. The Morgan fingerprint density at radius 2 is 1.25 bits per heavy atom. The molecule has 0 amide bonds. The van der Waals surface area contributed by atoms with E-state index in [9.17, 15) is 0 Å². The number of rotatable bonds is 19. The van der Waals surface area contributed by atoms with Gasteiger partial charge in [0.25, 0.3) is 0 Å². The van der Waals surface area contributed by atoms with Crippen LogP contribution >= 0.6 is 0 Å². The summed E-state index contributed by atoms with van der Waals surface area (Å²) in [5.41, 5.74) is 7.91. The zero-order valence-corrected chi connectivity index (χ0v) is 20.8. The first-order valence-electron chi connectivity index (χ1n) is 13.3. The molecule has 1 heterocycles. The van der Waals surface area contributed by atoms with E-state index < -0.39 is 0 Å². The minimum absolute atomic E-state index is 0.640. The van der Waals surface area contributed by atoms with Gasteiger partial charge in [-0.25, -0.2) is 4.68 Å². The molecule has 0 atom stereocenters. The Morgan fingerprint density at radius 1 is 0.750 bits per heavy atom. The summed E-state index contributed by atoms with van der Waals surface area (Å²) < 4.78 is 7.82. The molecule has 0 radical (unpaired) electrons. The molecule has 0 aliphatic carbocycles. The summed E-state index contributed by atoms with van der Waals surface area (Å²) in [6.07, 6.45) is 22.1. The van der Waals surface area contributed by atoms with Gasteiger partial charge in [0, 0.05) is 6.07 Å². The molecule has 0 bridgehead atoms. The van der Waals surface area contributed by atoms with E-state index in [1.54, 1.807) is 4.68 Å². The molecule has 180 valence electrons. The SMILES string of the molecule is CCCCCCCCCCCCCCCCCCOc1ccccc1-n1nc(C)cc1N. The normalized spacial score (nSPS) is 11.2. The first-order chi connectivity index (χ1) is 15.7. The van der Waals surface area contributed by atoms with Crippen LogP contribution in [0.4, 0.5) is 5.82 Å². The third-order valence-corrected chi connectivity index (χ3v) is 6.21. The number of hydrogen-bond donors (Lipinski definition) is 1. The van der Waals surface area contributed by atoms with Gasteiger partial charge in [-0.15, -0.1) is 0 Å². The number of hydrogen-bond acceptors (Lipinski definition) is 3. The largest absolute Gasteiger partial charge is 0.491 e. The fraction of sp³-hybridized carbons (Fsp3) is 0.679. The minimum Gasteiger partial charge on any atom is -0.491 e. The molecule has 2 N–H and O–H groups in total. The lowest BCUT2D eigenvalue weighted by Gasteiger charge is -2.12. The predicted octanol–water partition coefficient (Wildman–Crippen LogP) is 8.40. The highest BCUT2D eigenvalue weighted by atomic mass is 16.5. The number of anilines is 1. The topological polar surface area (TPSA) is 53.1 Å². The minimum atomic E-state index is 0.640. The Morgan fingerprint density at radius 3 is 1.75 bits per heavy atom. The lowest BCUT2D eigenvalue weighted by atomic mass is 10.0. The zero-order chi connectivity index (χ0) is 22.9. The quantitative estimate of drug-likeness (QED) is 0.223. The van der Waals surface area contributed by atoms with Crippen LogP contribution < -0.4 is 10.5 Å². The van der Waals surface area contributed by atoms with Crippen molar-refractivity contribution in [2.75, 3.05) is 12.3 Å². The maximum absolute atomic E-state index is 6.08. The van der Waals surface area contributed by atoms with Crippen molar-refractivity contribution >= 4 is 5.82 Å². The molecule has 2 rings (SSSR count). The van der Waals surface area contributed by atoms with Crippen molar-refractivity contribution in [1.29, 1.82) is 0 Å². The number of aryl methyl sites for hydroxylation is 1. The molecule has 0 fully saturated rings. The summed E-state index contributed by atoms with van der Waals surface area (Å²) in [6.45, 7) is 4.99. The molecule has 4 heteroatoms. The third kappa shape index (κ3) is 10.6.